The minimum atomic E-state index is -0.825. The lowest BCUT2D eigenvalue weighted by atomic mass is 10.1. The van der Waals surface area contributed by atoms with E-state index in [2.05, 4.69) is 4.98 Å². The highest BCUT2D eigenvalue weighted by molar-refractivity contribution is 5.79. The van der Waals surface area contributed by atoms with Crippen LogP contribution in [0.2, 0.25) is 0 Å². The molecule has 0 radical (unpaired) electrons. The van der Waals surface area contributed by atoms with E-state index in [0.717, 1.165) is 6.07 Å². The van der Waals surface area contributed by atoms with E-state index in [-0.39, 0.29) is 10.9 Å². The van der Waals surface area contributed by atoms with Crippen LogP contribution in [0.25, 0.3) is 10.9 Å². The molecule has 78 valence electrons. The Balaban J connectivity index is 2.91. The van der Waals surface area contributed by atoms with Gasteiger partial charge in [0.15, 0.2) is 5.43 Å². The summed E-state index contributed by atoms with van der Waals surface area (Å²) in [6.07, 6.45) is 0.614. The van der Waals surface area contributed by atoms with E-state index in [1.54, 1.807) is 0 Å². The fourth-order valence-electron chi connectivity index (χ4n) is 1.55. The van der Waals surface area contributed by atoms with Crippen molar-refractivity contribution in [1.29, 1.82) is 0 Å². The first-order valence-corrected chi connectivity index (χ1v) is 4.62. The molecule has 2 rings (SSSR count). The third-order valence-corrected chi connectivity index (χ3v) is 2.28. The number of benzene rings is 1. The second-order valence-electron chi connectivity index (χ2n) is 3.32. The second-order valence-corrected chi connectivity index (χ2v) is 3.32. The lowest BCUT2D eigenvalue weighted by molar-refractivity contribution is 0.591. The second kappa shape index (κ2) is 3.46. The SMILES string of the molecule is CCc1cc(=O)c2c(F)cc(F)cc2[nH]1. The van der Waals surface area contributed by atoms with Crippen LogP contribution in [-0.4, -0.2) is 4.98 Å². The van der Waals surface area contributed by atoms with Crippen LogP contribution in [0.5, 0.6) is 0 Å². The lowest BCUT2D eigenvalue weighted by Gasteiger charge is -2.02. The van der Waals surface area contributed by atoms with Crippen molar-refractivity contribution in [3.8, 4) is 0 Å². The van der Waals surface area contributed by atoms with Crippen LogP contribution in [-0.2, 0) is 6.42 Å². The molecule has 4 heteroatoms. The van der Waals surface area contributed by atoms with Gasteiger partial charge in [-0.1, -0.05) is 6.92 Å². The van der Waals surface area contributed by atoms with Gasteiger partial charge in [0.1, 0.15) is 11.6 Å². The molecule has 0 aliphatic heterocycles. The molecular weight excluding hydrogens is 200 g/mol. The highest BCUT2D eigenvalue weighted by Gasteiger charge is 2.08. The van der Waals surface area contributed by atoms with Gasteiger partial charge in [-0.3, -0.25) is 4.79 Å². The smallest absolute Gasteiger partial charge is 0.192 e. The fourth-order valence-corrected chi connectivity index (χ4v) is 1.55. The monoisotopic (exact) mass is 209 g/mol. The number of aromatic amines is 1. The average Bonchev–Trinajstić information content (AvgIpc) is 2.15. The van der Waals surface area contributed by atoms with Crippen LogP contribution in [0.4, 0.5) is 8.78 Å². The van der Waals surface area contributed by atoms with Crippen LogP contribution in [0.1, 0.15) is 12.6 Å². The highest BCUT2D eigenvalue weighted by Crippen LogP contribution is 2.14. The molecular formula is C11H9F2NO. The Bertz CT molecular complexity index is 575. The van der Waals surface area contributed by atoms with Crippen LogP contribution >= 0.6 is 0 Å². The Labute approximate surface area is 84.6 Å². The van der Waals surface area contributed by atoms with E-state index in [1.165, 1.54) is 6.07 Å². The van der Waals surface area contributed by atoms with Crippen molar-refractivity contribution in [3.63, 3.8) is 0 Å². The summed E-state index contributed by atoms with van der Waals surface area (Å²) in [4.78, 5) is 14.3. The molecule has 0 fully saturated rings. The molecule has 1 heterocycles. The topological polar surface area (TPSA) is 32.9 Å². The van der Waals surface area contributed by atoms with Gasteiger partial charge in [-0.25, -0.2) is 8.78 Å². The van der Waals surface area contributed by atoms with Crippen LogP contribution in [0.3, 0.4) is 0 Å². The first-order valence-electron chi connectivity index (χ1n) is 4.62. The van der Waals surface area contributed by atoms with E-state index in [4.69, 9.17) is 0 Å². The van der Waals surface area contributed by atoms with Gasteiger partial charge in [0.2, 0.25) is 0 Å². The van der Waals surface area contributed by atoms with E-state index < -0.39 is 17.1 Å². The molecule has 0 aliphatic carbocycles. The molecule has 0 atom stereocenters. The lowest BCUT2D eigenvalue weighted by Crippen LogP contribution is -2.07. The number of halogens is 2. The third kappa shape index (κ3) is 1.63. The first kappa shape index (κ1) is 9.83. The fraction of sp³-hybridized carbons (Fsp3) is 0.182. The summed E-state index contributed by atoms with van der Waals surface area (Å²) >= 11 is 0. The quantitative estimate of drug-likeness (QED) is 0.768. The van der Waals surface area contributed by atoms with E-state index in [1.807, 2.05) is 6.92 Å². The van der Waals surface area contributed by atoms with E-state index in [0.29, 0.717) is 18.2 Å². The number of aromatic nitrogens is 1. The van der Waals surface area contributed by atoms with Gasteiger partial charge >= 0.3 is 0 Å². The maximum Gasteiger partial charge on any atom is 0.192 e. The van der Waals surface area contributed by atoms with Crippen molar-refractivity contribution in [2.75, 3.05) is 0 Å². The number of aryl methyl sites for hydroxylation is 1. The summed E-state index contributed by atoms with van der Waals surface area (Å²) < 4.78 is 26.2. The summed E-state index contributed by atoms with van der Waals surface area (Å²) in [5.74, 6) is -1.52. The summed E-state index contributed by atoms with van der Waals surface area (Å²) in [5.41, 5.74) is 0.451. The summed E-state index contributed by atoms with van der Waals surface area (Å²) in [6.45, 7) is 1.85. The zero-order chi connectivity index (χ0) is 11.0. The Kier molecular flexibility index (Phi) is 2.26. The Morgan fingerprint density at radius 2 is 2.00 bits per heavy atom. The van der Waals surface area contributed by atoms with E-state index in [9.17, 15) is 13.6 Å². The molecule has 0 amide bonds. The molecule has 0 spiro atoms. The van der Waals surface area contributed by atoms with Gasteiger partial charge < -0.3 is 4.98 Å². The van der Waals surface area contributed by atoms with Crippen LogP contribution < -0.4 is 5.43 Å². The number of nitrogens with one attached hydrogen (secondary N) is 1. The van der Waals surface area contributed by atoms with Gasteiger partial charge in [0, 0.05) is 17.8 Å². The minimum absolute atomic E-state index is 0.0893. The molecule has 15 heavy (non-hydrogen) atoms. The number of H-pyrrole nitrogens is 1. The van der Waals surface area contributed by atoms with Crippen molar-refractivity contribution in [2.24, 2.45) is 0 Å². The van der Waals surface area contributed by atoms with E-state index >= 15 is 0 Å². The average molecular weight is 209 g/mol. The number of hydrogen-bond donors (Lipinski definition) is 1. The van der Waals surface area contributed by atoms with Crippen molar-refractivity contribution >= 4 is 10.9 Å². The minimum Gasteiger partial charge on any atom is -0.358 e. The largest absolute Gasteiger partial charge is 0.358 e. The molecule has 1 aromatic heterocycles. The molecule has 1 N–H and O–H groups in total. The number of rotatable bonds is 1. The summed E-state index contributed by atoms with van der Waals surface area (Å²) in [6, 6.07) is 3.17. The van der Waals surface area contributed by atoms with Crippen LogP contribution in [0.15, 0.2) is 23.0 Å². The number of fused-ring (bicyclic) bond motifs is 1. The predicted octanol–water partition coefficient (Wildman–Crippen LogP) is 2.37. The standard InChI is InChI=1S/C11H9F2NO/c1-2-7-5-10(15)11-8(13)3-6(12)4-9(11)14-7/h3-5H,2H2,1H3,(H,14,15). The van der Waals surface area contributed by atoms with Gasteiger partial charge in [0.25, 0.3) is 0 Å². The number of hydrogen-bond acceptors (Lipinski definition) is 1. The summed E-state index contributed by atoms with van der Waals surface area (Å²) in [5, 5.41) is -0.0893. The number of pyridine rings is 1. The normalized spacial score (nSPS) is 10.9. The van der Waals surface area contributed by atoms with Gasteiger partial charge in [-0.2, -0.15) is 0 Å². The molecule has 0 unspecified atom stereocenters. The molecule has 0 aliphatic rings. The molecule has 2 aromatic rings. The Morgan fingerprint density at radius 1 is 1.27 bits per heavy atom. The van der Waals surface area contributed by atoms with Crippen molar-refractivity contribution in [1.82, 2.24) is 4.98 Å². The van der Waals surface area contributed by atoms with Crippen molar-refractivity contribution in [3.05, 3.63) is 45.8 Å². The maximum atomic E-state index is 13.3. The van der Waals surface area contributed by atoms with Gasteiger partial charge in [-0.05, 0) is 12.5 Å². The third-order valence-electron chi connectivity index (χ3n) is 2.28. The van der Waals surface area contributed by atoms with Crippen molar-refractivity contribution in [2.45, 2.75) is 13.3 Å². The zero-order valence-electron chi connectivity index (χ0n) is 8.10. The summed E-state index contributed by atoms with van der Waals surface area (Å²) in [7, 11) is 0. The van der Waals surface area contributed by atoms with Crippen LogP contribution in [0, 0.1) is 11.6 Å². The zero-order valence-corrected chi connectivity index (χ0v) is 8.10. The predicted molar refractivity (Wildman–Crippen MR) is 53.9 cm³/mol. The van der Waals surface area contributed by atoms with Gasteiger partial charge in [-0.15, -0.1) is 0 Å². The molecule has 0 bridgehead atoms. The Morgan fingerprint density at radius 3 is 2.67 bits per heavy atom. The molecule has 2 nitrogen and oxygen atoms in total. The van der Waals surface area contributed by atoms with Gasteiger partial charge in [0.05, 0.1) is 10.9 Å². The first-order chi connectivity index (χ1) is 7.11. The Hall–Kier alpha value is -1.71. The molecule has 0 saturated carbocycles. The maximum absolute atomic E-state index is 13.3. The van der Waals surface area contributed by atoms with Crippen molar-refractivity contribution < 1.29 is 8.78 Å². The highest BCUT2D eigenvalue weighted by atomic mass is 19.1. The molecule has 1 aromatic carbocycles. The molecule has 0 saturated heterocycles.